The second kappa shape index (κ2) is 8.64. The van der Waals surface area contributed by atoms with Crippen LogP contribution in [-0.2, 0) is 12.3 Å². The Bertz CT molecular complexity index is 1040. The van der Waals surface area contributed by atoms with Crippen molar-refractivity contribution in [1.82, 2.24) is 0 Å². The smallest absolute Gasteiger partial charge is 0.207 e. The minimum Gasteiger partial charge on any atom is -0.207 e. The van der Waals surface area contributed by atoms with Crippen LogP contribution in [0.1, 0.15) is 11.1 Å². The van der Waals surface area contributed by atoms with E-state index in [0.29, 0.717) is 11.6 Å². The van der Waals surface area contributed by atoms with Crippen molar-refractivity contribution in [3.63, 3.8) is 0 Å². The molecule has 0 saturated carbocycles. The first-order valence-corrected chi connectivity index (χ1v) is 11.8. The summed E-state index contributed by atoms with van der Waals surface area (Å²) in [6.45, 7) is 0. The van der Waals surface area contributed by atoms with Crippen LogP contribution in [-0.4, -0.2) is 0 Å². The molecule has 156 valence electrons. The number of hydrogen-bond donors (Lipinski definition) is 0. The molecule has 0 N–H and O–H groups in total. The van der Waals surface area contributed by atoms with Crippen LogP contribution in [0.25, 0.3) is 0 Å². The third-order valence-electron chi connectivity index (χ3n) is 5.30. The highest BCUT2D eigenvalue weighted by atomic mass is 31.2. The molecule has 0 aliphatic heterocycles. The summed E-state index contributed by atoms with van der Waals surface area (Å²) in [6.07, 6.45) is -4.32. The molecular formula is C26H20F4P+. The second-order valence-electron chi connectivity index (χ2n) is 7.32. The van der Waals surface area contributed by atoms with E-state index in [-0.39, 0.29) is 6.16 Å². The molecule has 0 heterocycles. The van der Waals surface area contributed by atoms with Gasteiger partial charge in [-0.1, -0.05) is 54.6 Å². The minimum atomic E-state index is -4.61. The maximum Gasteiger partial charge on any atom is 0.416 e. The van der Waals surface area contributed by atoms with E-state index in [4.69, 9.17) is 0 Å². The van der Waals surface area contributed by atoms with Crippen molar-refractivity contribution >= 4 is 23.2 Å². The number of rotatable bonds is 5. The molecular weight excluding hydrogens is 419 g/mol. The number of hydrogen-bond acceptors (Lipinski definition) is 0. The van der Waals surface area contributed by atoms with Crippen molar-refractivity contribution < 1.29 is 17.6 Å². The van der Waals surface area contributed by atoms with Crippen molar-refractivity contribution in [3.05, 3.63) is 126 Å². The second-order valence-corrected chi connectivity index (χ2v) is 10.8. The van der Waals surface area contributed by atoms with Crippen LogP contribution in [0.15, 0.2) is 109 Å². The highest BCUT2D eigenvalue weighted by Crippen LogP contribution is 2.58. The predicted molar refractivity (Wildman–Crippen MR) is 120 cm³/mol. The molecule has 0 nitrogen and oxygen atoms in total. The topological polar surface area (TPSA) is 0 Å². The van der Waals surface area contributed by atoms with Crippen molar-refractivity contribution in [3.8, 4) is 0 Å². The molecule has 0 saturated heterocycles. The van der Waals surface area contributed by atoms with E-state index in [9.17, 15) is 17.6 Å². The van der Waals surface area contributed by atoms with Gasteiger partial charge in [-0.05, 0) is 60.2 Å². The molecule has 0 atom stereocenters. The van der Waals surface area contributed by atoms with E-state index in [2.05, 4.69) is 0 Å². The molecule has 4 aromatic rings. The first-order chi connectivity index (χ1) is 14.9. The van der Waals surface area contributed by atoms with Crippen LogP contribution in [0.4, 0.5) is 17.6 Å². The molecule has 0 spiro atoms. The van der Waals surface area contributed by atoms with Crippen molar-refractivity contribution in [2.45, 2.75) is 12.3 Å². The Labute approximate surface area is 179 Å². The minimum absolute atomic E-state index is 0.284. The number of benzene rings is 4. The Kier molecular flexibility index (Phi) is 5.93. The summed E-state index contributed by atoms with van der Waals surface area (Å²) in [4.78, 5) is 0. The molecule has 0 amide bonds. The zero-order valence-electron chi connectivity index (χ0n) is 16.6. The molecule has 5 heteroatoms. The predicted octanol–water partition coefficient (Wildman–Crippen LogP) is 6.34. The molecule has 4 rings (SSSR count). The largest absolute Gasteiger partial charge is 0.416 e. The van der Waals surface area contributed by atoms with Crippen LogP contribution in [0.2, 0.25) is 0 Å². The Morgan fingerprint density at radius 1 is 0.581 bits per heavy atom. The summed E-state index contributed by atoms with van der Waals surface area (Å²) in [5.74, 6) is -0.878. The fraction of sp³-hybridized carbons (Fsp3) is 0.0769. The Morgan fingerprint density at radius 2 is 1.00 bits per heavy atom. The van der Waals surface area contributed by atoms with Gasteiger partial charge in [0.05, 0.1) is 11.7 Å². The fourth-order valence-corrected chi connectivity index (χ4v) is 8.16. The van der Waals surface area contributed by atoms with Crippen LogP contribution in [0.5, 0.6) is 0 Å². The Balaban J connectivity index is 1.99. The third-order valence-corrected chi connectivity index (χ3v) is 9.67. The van der Waals surface area contributed by atoms with E-state index in [0.717, 1.165) is 22.0 Å². The van der Waals surface area contributed by atoms with E-state index < -0.39 is 24.8 Å². The molecule has 0 unspecified atom stereocenters. The van der Waals surface area contributed by atoms with Gasteiger partial charge >= 0.3 is 6.18 Å². The van der Waals surface area contributed by atoms with Crippen LogP contribution in [0, 0.1) is 5.82 Å². The highest BCUT2D eigenvalue weighted by Gasteiger charge is 2.45. The normalized spacial score (nSPS) is 12.0. The van der Waals surface area contributed by atoms with Crippen molar-refractivity contribution in [1.29, 1.82) is 0 Å². The van der Waals surface area contributed by atoms with Gasteiger partial charge in [0.25, 0.3) is 0 Å². The van der Waals surface area contributed by atoms with Crippen LogP contribution < -0.4 is 15.9 Å². The number of halogens is 4. The van der Waals surface area contributed by atoms with E-state index >= 15 is 0 Å². The molecule has 0 fully saturated rings. The fourth-order valence-electron chi connectivity index (χ4n) is 3.95. The van der Waals surface area contributed by atoms with E-state index in [1.807, 2.05) is 91.0 Å². The zero-order chi connectivity index (χ0) is 21.9. The van der Waals surface area contributed by atoms with Gasteiger partial charge in [-0.15, -0.1) is 0 Å². The lowest BCUT2D eigenvalue weighted by Gasteiger charge is -2.28. The first kappa shape index (κ1) is 21.3. The third kappa shape index (κ3) is 4.40. The lowest BCUT2D eigenvalue weighted by Crippen LogP contribution is -2.32. The summed E-state index contributed by atoms with van der Waals surface area (Å²) in [5, 5.41) is 3.10. The van der Waals surface area contributed by atoms with Gasteiger partial charge in [-0.25, -0.2) is 4.39 Å². The Hall–Kier alpha value is -2.97. The van der Waals surface area contributed by atoms with Gasteiger partial charge in [0, 0.05) is 0 Å². The highest BCUT2D eigenvalue weighted by molar-refractivity contribution is 7.95. The molecule has 0 radical (unpaired) electrons. The lowest BCUT2D eigenvalue weighted by molar-refractivity contribution is -0.137. The SMILES string of the molecule is Fc1cc(C[P+](c2ccccc2)(c2ccccc2)c2ccccc2)cc(C(F)(F)F)c1. The van der Waals surface area contributed by atoms with Gasteiger partial charge in [0.1, 0.15) is 29.0 Å². The molecule has 0 aliphatic rings. The molecule has 31 heavy (non-hydrogen) atoms. The van der Waals surface area contributed by atoms with Crippen molar-refractivity contribution in [2.75, 3.05) is 0 Å². The maximum absolute atomic E-state index is 14.3. The maximum atomic E-state index is 14.3. The first-order valence-electron chi connectivity index (χ1n) is 9.81. The van der Waals surface area contributed by atoms with Gasteiger partial charge in [-0.3, -0.25) is 0 Å². The average Bonchev–Trinajstić information content (AvgIpc) is 2.78. The summed E-state index contributed by atoms with van der Waals surface area (Å²) in [6, 6.07) is 32.3. The van der Waals surface area contributed by atoms with Gasteiger partial charge in [0.2, 0.25) is 0 Å². The van der Waals surface area contributed by atoms with Crippen molar-refractivity contribution in [2.24, 2.45) is 0 Å². The van der Waals surface area contributed by atoms with Gasteiger partial charge in [-0.2, -0.15) is 13.2 Å². The lowest BCUT2D eigenvalue weighted by atomic mass is 10.1. The number of alkyl halides is 3. The quantitative estimate of drug-likeness (QED) is 0.252. The zero-order valence-corrected chi connectivity index (χ0v) is 17.5. The molecule has 0 aliphatic carbocycles. The summed E-state index contributed by atoms with van der Waals surface area (Å²) in [7, 11) is -2.40. The Morgan fingerprint density at radius 3 is 1.39 bits per heavy atom. The van der Waals surface area contributed by atoms with Gasteiger partial charge < -0.3 is 0 Å². The van der Waals surface area contributed by atoms with Crippen LogP contribution in [0.3, 0.4) is 0 Å². The molecule has 4 aromatic carbocycles. The van der Waals surface area contributed by atoms with Crippen LogP contribution >= 0.6 is 7.26 Å². The summed E-state index contributed by atoms with van der Waals surface area (Å²) >= 11 is 0. The van der Waals surface area contributed by atoms with E-state index in [1.165, 1.54) is 6.07 Å². The van der Waals surface area contributed by atoms with E-state index in [1.54, 1.807) is 0 Å². The molecule has 0 bridgehead atoms. The monoisotopic (exact) mass is 439 g/mol. The summed E-state index contributed by atoms with van der Waals surface area (Å²) in [5.41, 5.74) is -0.632. The summed E-state index contributed by atoms with van der Waals surface area (Å²) < 4.78 is 54.4. The average molecular weight is 439 g/mol. The molecule has 0 aromatic heterocycles. The standard InChI is InChI=1S/C26H20F4P/c27-22-17-20(16-21(18-22)26(28,29)30)19-31(23-10-4-1-5-11-23,24-12-6-2-7-13-24)25-14-8-3-9-15-25/h1-18H,19H2/q+1. The van der Waals surface area contributed by atoms with Gasteiger partial charge in [0.15, 0.2) is 0 Å².